The van der Waals surface area contributed by atoms with E-state index in [1.165, 1.54) is 15.9 Å². The largest absolute Gasteiger partial charge is 0.481 e. The maximum absolute atomic E-state index is 10.0. The minimum absolute atomic E-state index is 0.128. The lowest BCUT2D eigenvalue weighted by Gasteiger charge is -2.18. The molecule has 146 valence electrons. The molecule has 28 heavy (non-hydrogen) atoms. The summed E-state index contributed by atoms with van der Waals surface area (Å²) in [5.41, 5.74) is 0. The molecule has 0 bridgehead atoms. The molecule has 0 spiro atoms. The van der Waals surface area contributed by atoms with Crippen molar-refractivity contribution in [2.45, 2.75) is 25.7 Å². The highest BCUT2D eigenvalue weighted by Crippen LogP contribution is 2.32. The molecule has 1 N–H and O–H groups in total. The number of benzene rings is 3. The Morgan fingerprint density at radius 3 is 1.46 bits per heavy atom. The Morgan fingerprint density at radius 2 is 1.14 bits per heavy atom. The second-order valence-corrected chi connectivity index (χ2v) is 8.86. The molecule has 0 saturated heterocycles. The number of carbonyl (C=O) groups is 1. The molecule has 0 unspecified atom stereocenters. The molecule has 0 heterocycles. The summed E-state index contributed by atoms with van der Waals surface area (Å²) in [6, 6.07) is 32.3. The minimum Gasteiger partial charge on any atom is -0.481 e. The molecule has 0 radical (unpaired) electrons. The lowest BCUT2D eigenvalue weighted by atomic mass is 10.2. The maximum Gasteiger partial charge on any atom is 0.303 e. The molecule has 0 atom stereocenters. The zero-order chi connectivity index (χ0) is 21.8. The first-order chi connectivity index (χ1) is 14.4. The Kier molecular flexibility index (Phi) is 9.17. The van der Waals surface area contributed by atoms with Crippen LogP contribution in [0.1, 0.15) is 28.4 Å². The van der Waals surface area contributed by atoms with Gasteiger partial charge in [0.25, 0.3) is 0 Å². The number of aliphatic carboxylic acids is 1. The van der Waals surface area contributed by atoms with Crippen molar-refractivity contribution in [2.24, 2.45) is 0 Å². The summed E-state index contributed by atoms with van der Waals surface area (Å²) < 4.78 is 14.1. The molecule has 0 aromatic heterocycles. The van der Waals surface area contributed by atoms with Crippen LogP contribution in [0, 0.1) is 0 Å². The standard InChI is InChI=1S/C18H15P.C6H11BrO2/c1-4-10-16(11-5-1)19(17-12-6-2-7-13-17)18-14-8-3-9-15-18;7-5-3-1-2-4-6(8)9/h1-15H;1-5H2,(H,8,9)/i;5D2. The van der Waals surface area contributed by atoms with Crippen LogP contribution in [-0.4, -0.2) is 16.4 Å². The molecule has 0 aliphatic carbocycles. The molecule has 4 heteroatoms. The van der Waals surface area contributed by atoms with Crippen LogP contribution in [-0.2, 0) is 4.79 Å². The third-order valence-corrected chi connectivity index (χ3v) is 6.80. The van der Waals surface area contributed by atoms with Crippen LogP contribution in [0.15, 0.2) is 91.0 Å². The Labute approximate surface area is 180 Å². The van der Waals surface area contributed by atoms with E-state index in [1.54, 1.807) is 0 Å². The normalized spacial score (nSPS) is 11.8. The van der Waals surface area contributed by atoms with Crippen LogP contribution in [0.5, 0.6) is 0 Å². The van der Waals surface area contributed by atoms with Crippen LogP contribution < -0.4 is 15.9 Å². The maximum atomic E-state index is 10.0. The van der Waals surface area contributed by atoms with Gasteiger partial charge in [-0.2, -0.15) is 0 Å². The molecule has 0 saturated carbocycles. The molecule has 3 aromatic rings. The molecule has 0 aliphatic heterocycles. The second kappa shape index (κ2) is 13.3. The van der Waals surface area contributed by atoms with Crippen molar-refractivity contribution in [1.29, 1.82) is 0 Å². The van der Waals surface area contributed by atoms with Gasteiger partial charge in [0, 0.05) is 14.4 Å². The predicted octanol–water partition coefficient (Wildman–Crippen LogP) is 5.47. The average Bonchev–Trinajstić information content (AvgIpc) is 2.74. The van der Waals surface area contributed by atoms with E-state index in [4.69, 9.17) is 7.85 Å². The van der Waals surface area contributed by atoms with Crippen molar-refractivity contribution in [3.8, 4) is 0 Å². The summed E-state index contributed by atoms with van der Waals surface area (Å²) in [6.45, 7) is 0. The van der Waals surface area contributed by atoms with Gasteiger partial charge in [-0.05, 0) is 36.7 Å². The van der Waals surface area contributed by atoms with Crippen LogP contribution in [0.4, 0.5) is 0 Å². The van der Waals surface area contributed by atoms with Crippen LogP contribution in [0.25, 0.3) is 0 Å². The number of hydrogen-bond donors (Lipinski definition) is 1. The monoisotopic (exact) mass is 458 g/mol. The van der Waals surface area contributed by atoms with E-state index in [0.717, 1.165) is 0 Å². The third kappa shape index (κ3) is 7.96. The summed E-state index contributed by atoms with van der Waals surface area (Å²) in [5, 5.41) is 11.1. The summed E-state index contributed by atoms with van der Waals surface area (Å²) in [6.07, 6.45) is 1.63. The van der Waals surface area contributed by atoms with Crippen LogP contribution in [0.2, 0.25) is 0 Å². The number of halogens is 1. The molecule has 0 aliphatic rings. The molecular formula is C24H26BrO2P. The number of unbranched alkanes of at least 4 members (excludes halogenated alkanes) is 1. The van der Waals surface area contributed by atoms with Gasteiger partial charge in [-0.1, -0.05) is 113 Å². The topological polar surface area (TPSA) is 37.3 Å². The molecule has 0 amide bonds. The lowest BCUT2D eigenvalue weighted by Crippen LogP contribution is -2.20. The molecular weight excluding hydrogens is 431 g/mol. The molecule has 2 nitrogen and oxygen atoms in total. The summed E-state index contributed by atoms with van der Waals surface area (Å²) >= 11 is 2.83. The van der Waals surface area contributed by atoms with Crippen molar-refractivity contribution >= 4 is 45.7 Å². The fraction of sp³-hybridized carbons (Fsp3) is 0.208. The zero-order valence-electron chi connectivity index (χ0n) is 17.7. The number of hydrogen-bond acceptors (Lipinski definition) is 1. The minimum atomic E-state index is -1.34. The van der Waals surface area contributed by atoms with Crippen LogP contribution >= 0.6 is 23.9 Å². The average molecular weight is 459 g/mol. The zero-order valence-corrected chi connectivity index (χ0v) is 18.1. The fourth-order valence-corrected chi connectivity index (χ4v) is 5.23. The first-order valence-electron chi connectivity index (χ1n) is 10.2. The summed E-state index contributed by atoms with van der Waals surface area (Å²) in [5.74, 6) is -0.819. The number of alkyl halides is 1. The van der Waals surface area contributed by atoms with E-state index in [2.05, 4.69) is 107 Å². The summed E-state index contributed by atoms with van der Waals surface area (Å²) in [4.78, 5) is 10.0. The quantitative estimate of drug-likeness (QED) is 0.276. The van der Waals surface area contributed by atoms with E-state index >= 15 is 0 Å². The molecule has 0 fully saturated rings. The Hall–Kier alpha value is -1.96. The Morgan fingerprint density at radius 1 is 0.750 bits per heavy atom. The highest BCUT2D eigenvalue weighted by molar-refractivity contribution is 9.09. The van der Waals surface area contributed by atoms with Gasteiger partial charge in [0.2, 0.25) is 0 Å². The van der Waals surface area contributed by atoms with E-state index in [1.807, 2.05) is 0 Å². The number of carboxylic acid groups (broad SMARTS) is 1. The Balaban J connectivity index is 0.000000252. The molecule has 3 rings (SSSR count). The predicted molar refractivity (Wildman–Crippen MR) is 125 cm³/mol. The van der Waals surface area contributed by atoms with E-state index < -0.39 is 19.2 Å². The number of carboxylic acids is 1. The summed E-state index contributed by atoms with van der Waals surface area (Å²) in [7, 11) is -0.446. The van der Waals surface area contributed by atoms with Gasteiger partial charge in [-0.25, -0.2) is 0 Å². The van der Waals surface area contributed by atoms with Crippen molar-refractivity contribution in [3.05, 3.63) is 91.0 Å². The van der Waals surface area contributed by atoms with Gasteiger partial charge in [-0.15, -0.1) is 0 Å². The van der Waals surface area contributed by atoms with E-state index in [9.17, 15) is 4.79 Å². The fourth-order valence-electron chi connectivity index (χ4n) is 2.65. The highest BCUT2D eigenvalue weighted by atomic mass is 79.9. The number of rotatable bonds is 8. The third-order valence-electron chi connectivity index (χ3n) is 3.96. The first kappa shape index (κ1) is 19.4. The van der Waals surface area contributed by atoms with Crippen molar-refractivity contribution < 1.29 is 12.6 Å². The SMILES string of the molecule is [2H]C([2H])(Br)CCCCC(=O)O.c1ccc(P(c2ccccc2)c2ccccc2)cc1. The van der Waals surface area contributed by atoms with Crippen LogP contribution in [0.3, 0.4) is 0 Å². The van der Waals surface area contributed by atoms with Gasteiger partial charge >= 0.3 is 5.97 Å². The van der Waals surface area contributed by atoms with Crippen molar-refractivity contribution in [3.63, 3.8) is 0 Å². The molecule has 3 aromatic carbocycles. The Bertz CT molecular complexity index is 778. The van der Waals surface area contributed by atoms with Gasteiger partial charge in [0.05, 0.1) is 0 Å². The van der Waals surface area contributed by atoms with Gasteiger partial charge in [0.15, 0.2) is 0 Å². The second-order valence-electron chi connectivity index (χ2n) is 6.08. The van der Waals surface area contributed by atoms with Gasteiger partial charge < -0.3 is 5.11 Å². The van der Waals surface area contributed by atoms with Crippen molar-refractivity contribution in [1.82, 2.24) is 0 Å². The van der Waals surface area contributed by atoms with Gasteiger partial charge in [0.1, 0.15) is 0 Å². The van der Waals surface area contributed by atoms with Gasteiger partial charge in [-0.3, -0.25) is 4.79 Å². The first-order valence-corrected chi connectivity index (χ1v) is 11.4. The van der Waals surface area contributed by atoms with Crippen molar-refractivity contribution in [2.75, 3.05) is 5.28 Å². The lowest BCUT2D eigenvalue weighted by molar-refractivity contribution is -0.137. The van der Waals surface area contributed by atoms with E-state index in [0.29, 0.717) is 19.3 Å². The highest BCUT2D eigenvalue weighted by Gasteiger charge is 2.14. The van der Waals surface area contributed by atoms with E-state index in [-0.39, 0.29) is 6.42 Å². The smallest absolute Gasteiger partial charge is 0.303 e.